The molecule has 0 spiro atoms. The van der Waals surface area contributed by atoms with Crippen LogP contribution in [0.2, 0.25) is 0 Å². The number of halogens is 1. The number of nitrogens with two attached hydrogens (primary N) is 1. The van der Waals surface area contributed by atoms with Crippen LogP contribution in [0.15, 0.2) is 6.33 Å². The van der Waals surface area contributed by atoms with Crippen molar-refractivity contribution in [3.63, 3.8) is 0 Å². The van der Waals surface area contributed by atoms with Crippen molar-refractivity contribution in [1.82, 2.24) is 24.6 Å². The zero-order chi connectivity index (χ0) is 26.1. The predicted octanol–water partition coefficient (Wildman–Crippen LogP) is 1.79. The maximum Gasteiger partial charge on any atom is 0.440 e. The highest BCUT2D eigenvalue weighted by Crippen LogP contribution is 2.43. The van der Waals surface area contributed by atoms with Crippen LogP contribution in [0, 0.1) is 5.41 Å². The highest BCUT2D eigenvalue weighted by atomic mass is 32.4. The molecule has 5 N–H and O–H groups in total. The Bertz CT molecular complexity index is 1100. The number of alkyl halides is 1. The third kappa shape index (κ3) is 6.19. The van der Waals surface area contributed by atoms with Gasteiger partial charge < -0.3 is 25.6 Å². The number of nitrogens with zero attached hydrogens (tertiary/aromatic N) is 4. The molecule has 1 aliphatic rings. The number of aromatic nitrogens is 4. The summed E-state index contributed by atoms with van der Waals surface area (Å²) in [4.78, 5) is 24.6. The number of carbonyl (C=O) groups excluding carboxylic acids is 1. The molecule has 0 amide bonds. The van der Waals surface area contributed by atoms with Crippen molar-refractivity contribution < 1.29 is 28.3 Å². The first-order valence-electron chi connectivity index (χ1n) is 11.0. The normalized spacial score (nSPS) is 26.1. The maximum absolute atomic E-state index is 15.6. The van der Waals surface area contributed by atoms with Crippen molar-refractivity contribution in [1.29, 1.82) is 0 Å². The third-order valence-corrected chi connectivity index (χ3v) is 6.92. The van der Waals surface area contributed by atoms with Crippen LogP contribution in [0.5, 0.6) is 0 Å². The molecular weight excluding hydrogens is 500 g/mol. The number of aliphatic hydroxyl groups excluding tert-OH is 1. The van der Waals surface area contributed by atoms with E-state index in [1.807, 2.05) is 20.8 Å². The van der Waals surface area contributed by atoms with Crippen LogP contribution in [-0.2, 0) is 30.6 Å². The fraction of sp³-hybridized carbons (Fsp3) is 0.700. The van der Waals surface area contributed by atoms with E-state index in [2.05, 4.69) is 25.4 Å². The molecular formula is C20H32FN7O5PS+. The molecule has 35 heavy (non-hydrogen) atoms. The monoisotopic (exact) mass is 532 g/mol. The fourth-order valence-electron chi connectivity index (χ4n) is 3.43. The Hall–Kier alpha value is -2.09. The Balaban J connectivity index is 1.65. The lowest BCUT2D eigenvalue weighted by Gasteiger charge is -2.24. The molecule has 3 rings (SSSR count). The molecule has 1 aliphatic heterocycles. The van der Waals surface area contributed by atoms with Gasteiger partial charge in [-0.05, 0) is 19.3 Å². The molecule has 2 aromatic heterocycles. The van der Waals surface area contributed by atoms with Crippen molar-refractivity contribution in [3.8, 4) is 0 Å². The highest BCUT2D eigenvalue weighted by molar-refractivity contribution is 8.02. The quantitative estimate of drug-likeness (QED) is 0.274. The summed E-state index contributed by atoms with van der Waals surface area (Å²) in [7, 11) is -0.0537. The number of hydrogen-bond donors (Lipinski definition) is 4. The molecule has 1 saturated heterocycles. The van der Waals surface area contributed by atoms with Crippen LogP contribution in [-0.4, -0.2) is 74.8 Å². The fourth-order valence-corrected chi connectivity index (χ4v) is 4.87. The van der Waals surface area contributed by atoms with E-state index in [-0.39, 0.29) is 30.2 Å². The molecule has 6 atom stereocenters. The van der Waals surface area contributed by atoms with Gasteiger partial charge in [-0.25, -0.2) is 9.37 Å². The van der Waals surface area contributed by atoms with Crippen molar-refractivity contribution >= 4 is 47.8 Å². The van der Waals surface area contributed by atoms with Crippen LogP contribution in [0.4, 0.5) is 16.2 Å². The van der Waals surface area contributed by atoms with E-state index >= 15 is 4.39 Å². The van der Waals surface area contributed by atoms with Gasteiger partial charge in [0.25, 0.3) is 0 Å². The minimum Gasteiger partial charge on any atom is -0.464 e. The number of hydrogen-bond acceptors (Lipinski definition) is 11. The Kier molecular flexibility index (Phi) is 8.24. The molecule has 0 radical (unpaired) electrons. The maximum atomic E-state index is 15.6. The van der Waals surface area contributed by atoms with E-state index < -0.39 is 43.2 Å². The number of nitrogen functional groups attached to an aromatic ring is 1. The Labute approximate surface area is 208 Å². The largest absolute Gasteiger partial charge is 0.464 e. The van der Waals surface area contributed by atoms with Gasteiger partial charge in [-0.15, -0.1) is 4.52 Å². The third-order valence-electron chi connectivity index (χ3n) is 5.30. The van der Waals surface area contributed by atoms with Gasteiger partial charge in [0, 0.05) is 7.05 Å². The molecule has 0 aliphatic carbocycles. The lowest BCUT2D eigenvalue weighted by atomic mass is 9.98. The summed E-state index contributed by atoms with van der Waals surface area (Å²) in [6.45, 7) is 8.76. The number of aliphatic hydroxyl groups is 1. The van der Waals surface area contributed by atoms with Gasteiger partial charge in [0.2, 0.25) is 17.8 Å². The minimum absolute atomic E-state index is 0.0273. The average molecular weight is 533 g/mol. The molecule has 15 heteroatoms. The van der Waals surface area contributed by atoms with Crippen molar-refractivity contribution in [3.05, 3.63) is 6.33 Å². The number of anilines is 2. The second-order valence-corrected chi connectivity index (χ2v) is 11.7. The van der Waals surface area contributed by atoms with Gasteiger partial charge in [0.05, 0.1) is 12.9 Å². The zero-order valence-corrected chi connectivity index (χ0v) is 22.2. The molecule has 12 nitrogen and oxygen atoms in total. The number of imidazole rings is 1. The van der Waals surface area contributed by atoms with Gasteiger partial charge in [0.1, 0.15) is 24.9 Å². The van der Waals surface area contributed by atoms with E-state index in [1.165, 1.54) is 17.8 Å². The number of nitrogens with one attached hydrogen (secondary N) is 2. The summed E-state index contributed by atoms with van der Waals surface area (Å²) >= 11 is 5.28. The second kappa shape index (κ2) is 10.5. The minimum atomic E-state index is -2.21. The first-order chi connectivity index (χ1) is 16.2. The molecule has 2 aromatic rings. The molecule has 1 unspecified atom stereocenters. The summed E-state index contributed by atoms with van der Waals surface area (Å²) in [5.74, 6) is -0.104. The predicted molar refractivity (Wildman–Crippen MR) is 132 cm³/mol. The van der Waals surface area contributed by atoms with E-state index in [1.54, 1.807) is 14.0 Å². The van der Waals surface area contributed by atoms with Gasteiger partial charge >= 0.3 is 13.0 Å². The molecule has 3 heterocycles. The molecule has 1 fully saturated rings. The summed E-state index contributed by atoms with van der Waals surface area (Å²) in [6.07, 6.45) is -2.47. The van der Waals surface area contributed by atoms with Crippen LogP contribution in [0.1, 0.15) is 40.8 Å². The molecule has 0 aromatic carbocycles. The lowest BCUT2D eigenvalue weighted by Crippen LogP contribution is -2.40. The number of rotatable bonds is 9. The van der Waals surface area contributed by atoms with Crippen LogP contribution >= 0.6 is 7.07 Å². The summed E-state index contributed by atoms with van der Waals surface area (Å²) < 4.78 is 33.7. The number of carbonyl (C=O) groups is 1. The lowest BCUT2D eigenvalue weighted by molar-refractivity contribution is -0.147. The Morgan fingerprint density at radius 1 is 1.49 bits per heavy atom. The van der Waals surface area contributed by atoms with E-state index in [0.717, 1.165) is 0 Å². The summed E-state index contributed by atoms with van der Waals surface area (Å²) in [6, 6.07) is -0.696. The second-order valence-electron chi connectivity index (χ2n) is 9.70. The average Bonchev–Trinajstić information content (AvgIpc) is 3.27. The Morgan fingerprint density at radius 3 is 2.80 bits per heavy atom. The van der Waals surface area contributed by atoms with Crippen molar-refractivity contribution in [2.75, 3.05) is 31.3 Å². The van der Waals surface area contributed by atoms with Crippen LogP contribution in [0.25, 0.3) is 11.2 Å². The number of esters is 1. The van der Waals surface area contributed by atoms with Gasteiger partial charge in [-0.2, -0.15) is 9.97 Å². The standard InChI is InChI=1S/C20H32FN7O5PS/c1-10(16(30)31-8-19(2,3)4)27-34(35)32-7-11-13(29)20(5,21)17(33-11)28-9-24-12-14(23-6)25-18(22)26-15(12)28/h9-11,13,17,29H,7-8H2,1-6H3,(H,27,35)(H3,22,23,25,26)/q+1/t10-,11-,13-,17-,20-/m1/s1. The Morgan fingerprint density at radius 2 is 2.17 bits per heavy atom. The summed E-state index contributed by atoms with van der Waals surface area (Å²) in [5.41, 5.74) is 4.03. The van der Waals surface area contributed by atoms with Crippen LogP contribution < -0.4 is 16.1 Å². The van der Waals surface area contributed by atoms with Crippen LogP contribution in [0.3, 0.4) is 0 Å². The van der Waals surface area contributed by atoms with Crippen molar-refractivity contribution in [2.24, 2.45) is 5.41 Å². The highest BCUT2D eigenvalue weighted by Gasteiger charge is 2.56. The van der Waals surface area contributed by atoms with Crippen molar-refractivity contribution in [2.45, 2.75) is 64.8 Å². The molecule has 0 saturated carbocycles. The van der Waals surface area contributed by atoms with Gasteiger partial charge in [-0.3, -0.25) is 9.36 Å². The summed E-state index contributed by atoms with van der Waals surface area (Å²) in [5, 5.41) is 16.4. The van der Waals surface area contributed by atoms with E-state index in [9.17, 15) is 9.90 Å². The molecule has 0 bridgehead atoms. The topological polar surface area (TPSA) is 159 Å². The smallest absolute Gasteiger partial charge is 0.440 e. The SMILES string of the molecule is CNc1nc(N)nc2c1ncn2[C@@H]1O[C@H](CO[P+](=S)N[C@H](C)C(=O)OCC(C)(C)C)[C@@H](O)[C@@]1(C)F. The van der Waals surface area contributed by atoms with Gasteiger partial charge in [0.15, 0.2) is 28.9 Å². The number of ether oxygens (including phenoxy) is 2. The first-order valence-corrected chi connectivity index (χ1v) is 13.2. The molecule has 194 valence electrons. The van der Waals surface area contributed by atoms with E-state index in [4.69, 9.17) is 31.5 Å². The number of fused-ring (bicyclic) bond motifs is 1. The van der Waals surface area contributed by atoms with Gasteiger partial charge in [-0.1, -0.05) is 25.9 Å². The zero-order valence-electron chi connectivity index (χ0n) is 20.5. The van der Waals surface area contributed by atoms with E-state index in [0.29, 0.717) is 11.3 Å². The first kappa shape index (κ1) is 27.5.